The summed E-state index contributed by atoms with van der Waals surface area (Å²) in [6, 6.07) is 0. The molecule has 0 saturated heterocycles. The van der Waals surface area contributed by atoms with Gasteiger partial charge in [-0.25, -0.2) is 4.79 Å². The highest BCUT2D eigenvalue weighted by Crippen LogP contribution is 2.71. The lowest BCUT2D eigenvalue weighted by molar-refractivity contribution is -0.211. The number of carbonyl (C=O) groups excluding carboxylic acids is 1. The minimum Gasteiger partial charge on any atom is -0.466 e. The van der Waals surface area contributed by atoms with Gasteiger partial charge in [0.25, 0.3) is 0 Å². The molecule has 3 nitrogen and oxygen atoms in total. The summed E-state index contributed by atoms with van der Waals surface area (Å²) in [7, 11) is 1.43. The van der Waals surface area contributed by atoms with Gasteiger partial charge in [-0.05, 0) is 61.7 Å². The highest BCUT2D eigenvalue weighted by atomic mass is 16.5. The SMILES string of the molecule is COC(=O)C(C)=CC12CC3(C)CC(C)(CC(O)(C3)C1)C2. The molecule has 4 aliphatic carbocycles. The van der Waals surface area contributed by atoms with Crippen molar-refractivity contribution in [1.82, 2.24) is 0 Å². The van der Waals surface area contributed by atoms with Gasteiger partial charge < -0.3 is 9.84 Å². The van der Waals surface area contributed by atoms with Crippen molar-refractivity contribution in [2.75, 3.05) is 7.11 Å². The number of carbonyl (C=O) groups is 1. The lowest BCUT2D eigenvalue weighted by Gasteiger charge is -2.67. The van der Waals surface area contributed by atoms with Crippen molar-refractivity contribution in [3.8, 4) is 0 Å². The molecule has 4 rings (SSSR count). The highest BCUT2D eigenvalue weighted by Gasteiger charge is 2.64. The molecule has 2 unspecified atom stereocenters. The van der Waals surface area contributed by atoms with Gasteiger partial charge in [-0.3, -0.25) is 0 Å². The summed E-state index contributed by atoms with van der Waals surface area (Å²) in [6.07, 6.45) is 8.13. The van der Waals surface area contributed by atoms with E-state index in [-0.39, 0.29) is 22.2 Å². The number of esters is 1. The molecule has 0 spiro atoms. The van der Waals surface area contributed by atoms with Gasteiger partial charge in [0.05, 0.1) is 12.7 Å². The van der Waals surface area contributed by atoms with E-state index in [1.54, 1.807) is 0 Å². The van der Waals surface area contributed by atoms with E-state index in [1.807, 2.05) is 6.92 Å². The molecule has 0 aromatic rings. The maximum Gasteiger partial charge on any atom is 0.333 e. The Morgan fingerprint density at radius 1 is 1.05 bits per heavy atom. The zero-order valence-corrected chi connectivity index (χ0v) is 13.1. The molecular formula is C17H26O3. The highest BCUT2D eigenvalue weighted by molar-refractivity contribution is 5.87. The largest absolute Gasteiger partial charge is 0.466 e. The lowest BCUT2D eigenvalue weighted by Crippen LogP contribution is -2.62. The molecule has 3 heteroatoms. The molecule has 4 fully saturated rings. The number of methoxy groups -OCH3 is 1. The lowest BCUT2D eigenvalue weighted by atomic mass is 9.39. The molecule has 4 saturated carbocycles. The Balaban J connectivity index is 2.00. The van der Waals surface area contributed by atoms with Crippen molar-refractivity contribution in [1.29, 1.82) is 0 Å². The van der Waals surface area contributed by atoms with Gasteiger partial charge in [0.2, 0.25) is 0 Å². The fourth-order valence-corrected chi connectivity index (χ4v) is 6.56. The first kappa shape index (κ1) is 14.1. The molecule has 1 N–H and O–H groups in total. The van der Waals surface area contributed by atoms with E-state index >= 15 is 0 Å². The second kappa shape index (κ2) is 3.88. The molecule has 0 radical (unpaired) electrons. The van der Waals surface area contributed by atoms with Crippen LogP contribution >= 0.6 is 0 Å². The van der Waals surface area contributed by atoms with E-state index in [4.69, 9.17) is 4.74 Å². The standard InChI is InChI=1S/C17H26O3/c1-12(13(18)20-4)5-16-7-14(2)6-15(3,8-16)10-17(19,9-14)11-16/h5,19H,6-11H2,1-4H3. The quantitative estimate of drug-likeness (QED) is 0.623. The van der Waals surface area contributed by atoms with E-state index in [9.17, 15) is 9.90 Å². The van der Waals surface area contributed by atoms with Crippen LogP contribution in [0.4, 0.5) is 0 Å². The molecule has 20 heavy (non-hydrogen) atoms. The van der Waals surface area contributed by atoms with Gasteiger partial charge in [-0.15, -0.1) is 0 Å². The monoisotopic (exact) mass is 278 g/mol. The molecule has 0 aliphatic heterocycles. The summed E-state index contributed by atoms with van der Waals surface area (Å²) in [4.78, 5) is 11.7. The van der Waals surface area contributed by atoms with Crippen molar-refractivity contribution >= 4 is 5.97 Å². The average Bonchev–Trinajstić information content (AvgIpc) is 2.20. The molecule has 112 valence electrons. The number of allylic oxidation sites excluding steroid dienone is 1. The van der Waals surface area contributed by atoms with E-state index in [1.165, 1.54) is 13.5 Å². The number of ether oxygens (including phenoxy) is 1. The number of hydrogen-bond acceptors (Lipinski definition) is 3. The van der Waals surface area contributed by atoms with Crippen LogP contribution in [-0.4, -0.2) is 23.8 Å². The molecule has 4 bridgehead atoms. The smallest absolute Gasteiger partial charge is 0.333 e. The summed E-state index contributed by atoms with van der Waals surface area (Å²) < 4.78 is 4.83. The molecule has 0 aromatic carbocycles. The van der Waals surface area contributed by atoms with Crippen LogP contribution < -0.4 is 0 Å². The van der Waals surface area contributed by atoms with Crippen molar-refractivity contribution in [3.63, 3.8) is 0 Å². The molecule has 2 atom stereocenters. The van der Waals surface area contributed by atoms with Gasteiger partial charge in [-0.1, -0.05) is 19.9 Å². The van der Waals surface area contributed by atoms with Crippen LogP contribution in [0.15, 0.2) is 11.6 Å². The Kier molecular flexibility index (Phi) is 2.74. The third kappa shape index (κ3) is 2.11. The van der Waals surface area contributed by atoms with E-state index in [0.29, 0.717) is 5.57 Å². The first-order valence-corrected chi connectivity index (χ1v) is 7.61. The fourth-order valence-electron chi connectivity index (χ4n) is 6.56. The molecule has 0 heterocycles. The fraction of sp³-hybridized carbons (Fsp3) is 0.824. The first-order valence-electron chi connectivity index (χ1n) is 7.61. The van der Waals surface area contributed by atoms with Crippen LogP contribution in [0.5, 0.6) is 0 Å². The Morgan fingerprint density at radius 3 is 2.05 bits per heavy atom. The van der Waals surface area contributed by atoms with Crippen LogP contribution in [-0.2, 0) is 9.53 Å². The van der Waals surface area contributed by atoms with Gasteiger partial charge in [0, 0.05) is 5.57 Å². The molecular weight excluding hydrogens is 252 g/mol. The van der Waals surface area contributed by atoms with Crippen LogP contribution in [0.3, 0.4) is 0 Å². The van der Waals surface area contributed by atoms with Crippen LogP contribution in [0.1, 0.15) is 59.3 Å². The van der Waals surface area contributed by atoms with E-state index in [0.717, 1.165) is 32.1 Å². The zero-order chi connectivity index (χ0) is 14.8. The molecule has 4 aliphatic rings. The van der Waals surface area contributed by atoms with Crippen LogP contribution in [0.2, 0.25) is 0 Å². The predicted molar refractivity (Wildman–Crippen MR) is 77.1 cm³/mol. The van der Waals surface area contributed by atoms with Crippen LogP contribution in [0, 0.1) is 16.2 Å². The van der Waals surface area contributed by atoms with Crippen LogP contribution in [0.25, 0.3) is 0 Å². The van der Waals surface area contributed by atoms with Gasteiger partial charge in [0.15, 0.2) is 0 Å². The maximum atomic E-state index is 11.7. The summed E-state index contributed by atoms with van der Waals surface area (Å²) in [5.41, 5.74) is 0.553. The zero-order valence-electron chi connectivity index (χ0n) is 13.1. The Hall–Kier alpha value is -0.830. The van der Waals surface area contributed by atoms with Gasteiger partial charge >= 0.3 is 5.97 Å². The molecule has 0 amide bonds. The summed E-state index contributed by atoms with van der Waals surface area (Å²) in [6.45, 7) is 6.45. The van der Waals surface area contributed by atoms with Gasteiger partial charge in [-0.2, -0.15) is 0 Å². The number of hydrogen-bond donors (Lipinski definition) is 1. The second-order valence-corrected chi connectivity index (χ2v) is 8.59. The van der Waals surface area contributed by atoms with Gasteiger partial charge in [0.1, 0.15) is 0 Å². The Labute approximate surface area is 121 Å². The second-order valence-electron chi connectivity index (χ2n) is 8.59. The Morgan fingerprint density at radius 2 is 1.60 bits per heavy atom. The van der Waals surface area contributed by atoms with Crippen molar-refractivity contribution in [2.24, 2.45) is 16.2 Å². The van der Waals surface area contributed by atoms with E-state index < -0.39 is 5.60 Å². The predicted octanol–water partition coefficient (Wildman–Crippen LogP) is 3.22. The van der Waals surface area contributed by atoms with Crippen molar-refractivity contribution in [2.45, 2.75) is 64.9 Å². The third-order valence-electron chi connectivity index (χ3n) is 5.63. The average molecular weight is 278 g/mol. The van der Waals surface area contributed by atoms with Crippen molar-refractivity contribution in [3.05, 3.63) is 11.6 Å². The topological polar surface area (TPSA) is 46.5 Å². The summed E-state index contributed by atoms with van der Waals surface area (Å²) in [5.74, 6) is -0.247. The minimum atomic E-state index is -0.537. The summed E-state index contributed by atoms with van der Waals surface area (Å²) in [5, 5.41) is 11.0. The number of rotatable bonds is 2. The van der Waals surface area contributed by atoms with Crippen molar-refractivity contribution < 1.29 is 14.6 Å². The third-order valence-corrected chi connectivity index (χ3v) is 5.63. The maximum absolute atomic E-state index is 11.7. The normalized spacial score (nSPS) is 50.4. The molecule has 0 aromatic heterocycles. The number of aliphatic hydroxyl groups is 1. The van der Waals surface area contributed by atoms with E-state index in [2.05, 4.69) is 19.9 Å². The minimum absolute atomic E-state index is 0.0225. The first-order chi connectivity index (χ1) is 9.11. The Bertz CT molecular complexity index is 437. The summed E-state index contributed by atoms with van der Waals surface area (Å²) >= 11 is 0.